The number of nitrogens with zero attached hydrogens (tertiary/aromatic N) is 5. The quantitative estimate of drug-likeness (QED) is 0.574. The van der Waals surface area contributed by atoms with Crippen LogP contribution < -0.4 is 15.1 Å². The van der Waals surface area contributed by atoms with Gasteiger partial charge in [0.2, 0.25) is 0 Å². The SMILES string of the molecule is CN1CCN(c2nc(N)nc(CCC[Se]c3ccccc3)n2)CC1. The van der Waals surface area contributed by atoms with Crippen molar-refractivity contribution in [2.45, 2.75) is 18.2 Å². The molecule has 2 N–H and O–H groups in total. The van der Waals surface area contributed by atoms with Gasteiger partial charge in [-0.3, -0.25) is 0 Å². The Labute approximate surface area is 149 Å². The first-order chi connectivity index (χ1) is 11.7. The number of benzene rings is 1. The van der Waals surface area contributed by atoms with Crippen molar-refractivity contribution in [3.8, 4) is 0 Å². The van der Waals surface area contributed by atoms with Crippen LogP contribution in [0.2, 0.25) is 5.32 Å². The summed E-state index contributed by atoms with van der Waals surface area (Å²) in [6, 6.07) is 10.7. The molecule has 0 saturated carbocycles. The molecule has 1 aromatic carbocycles. The molecule has 6 nitrogen and oxygen atoms in total. The van der Waals surface area contributed by atoms with Crippen molar-refractivity contribution in [3.05, 3.63) is 36.2 Å². The summed E-state index contributed by atoms with van der Waals surface area (Å²) in [5.41, 5.74) is 5.89. The van der Waals surface area contributed by atoms with Crippen LogP contribution in [0, 0.1) is 0 Å². The number of anilines is 2. The zero-order valence-corrected chi connectivity index (χ0v) is 15.8. The van der Waals surface area contributed by atoms with E-state index in [9.17, 15) is 0 Å². The van der Waals surface area contributed by atoms with Crippen LogP contribution in [0.5, 0.6) is 0 Å². The summed E-state index contributed by atoms with van der Waals surface area (Å²) in [6.45, 7) is 3.94. The number of nitrogen functional groups attached to an aromatic ring is 1. The van der Waals surface area contributed by atoms with Crippen molar-refractivity contribution < 1.29 is 0 Å². The molecule has 0 spiro atoms. The fourth-order valence-corrected chi connectivity index (χ4v) is 4.46. The molecule has 0 radical (unpaired) electrons. The number of aromatic nitrogens is 3. The van der Waals surface area contributed by atoms with E-state index >= 15 is 0 Å². The van der Waals surface area contributed by atoms with Gasteiger partial charge in [0.05, 0.1) is 0 Å². The second-order valence-electron chi connectivity index (χ2n) is 5.97. The Morgan fingerprint density at radius 3 is 2.54 bits per heavy atom. The molecule has 0 bridgehead atoms. The monoisotopic (exact) mass is 392 g/mol. The van der Waals surface area contributed by atoms with Gasteiger partial charge in [0, 0.05) is 0 Å². The molecule has 24 heavy (non-hydrogen) atoms. The van der Waals surface area contributed by atoms with Crippen molar-refractivity contribution in [3.63, 3.8) is 0 Å². The van der Waals surface area contributed by atoms with Crippen molar-refractivity contribution in [2.75, 3.05) is 43.9 Å². The van der Waals surface area contributed by atoms with Gasteiger partial charge in [-0.05, 0) is 0 Å². The second-order valence-corrected chi connectivity index (χ2v) is 8.42. The topological polar surface area (TPSA) is 71.2 Å². The summed E-state index contributed by atoms with van der Waals surface area (Å²) in [7, 11) is 2.14. The fraction of sp³-hybridized carbons (Fsp3) is 0.471. The number of nitrogens with two attached hydrogens (primary N) is 1. The molecule has 1 fully saturated rings. The molecule has 1 aliphatic rings. The molecule has 128 valence electrons. The summed E-state index contributed by atoms with van der Waals surface area (Å²) in [5, 5.41) is 1.19. The van der Waals surface area contributed by atoms with Crippen LogP contribution in [-0.4, -0.2) is 68.0 Å². The Hall–Kier alpha value is -1.69. The normalized spacial score (nSPS) is 15.6. The zero-order valence-electron chi connectivity index (χ0n) is 14.1. The van der Waals surface area contributed by atoms with Gasteiger partial charge in [0.1, 0.15) is 0 Å². The van der Waals surface area contributed by atoms with E-state index in [1.165, 1.54) is 9.78 Å². The average molecular weight is 391 g/mol. The number of hydrogen-bond donors (Lipinski definition) is 1. The molecular weight excluding hydrogens is 367 g/mol. The Kier molecular flexibility index (Phi) is 6.01. The number of hydrogen-bond acceptors (Lipinski definition) is 6. The van der Waals surface area contributed by atoms with Gasteiger partial charge >= 0.3 is 149 Å². The van der Waals surface area contributed by atoms with Crippen LogP contribution in [0.25, 0.3) is 0 Å². The first-order valence-electron chi connectivity index (χ1n) is 8.32. The van der Waals surface area contributed by atoms with E-state index in [2.05, 4.69) is 62.1 Å². The number of aryl methyl sites for hydroxylation is 1. The maximum atomic E-state index is 5.89. The molecular formula is C17H24N6Se. The van der Waals surface area contributed by atoms with Gasteiger partial charge in [0.15, 0.2) is 0 Å². The molecule has 2 heterocycles. The van der Waals surface area contributed by atoms with Crippen molar-refractivity contribution >= 4 is 31.3 Å². The maximum absolute atomic E-state index is 5.89. The van der Waals surface area contributed by atoms with Crippen molar-refractivity contribution in [1.29, 1.82) is 0 Å². The van der Waals surface area contributed by atoms with Gasteiger partial charge in [-0.25, -0.2) is 0 Å². The molecule has 0 unspecified atom stereocenters. The van der Waals surface area contributed by atoms with E-state index in [-0.39, 0.29) is 0 Å². The summed E-state index contributed by atoms with van der Waals surface area (Å²) >= 11 is 0.514. The second kappa shape index (κ2) is 8.42. The standard InChI is InChI=1S/C17H24N6Se/c1-22-9-11-23(12-10-22)17-20-15(19-16(18)21-17)8-5-13-24-14-6-3-2-4-7-14/h2-4,6-7H,5,8-13H2,1H3,(H2,18,19,20,21). The van der Waals surface area contributed by atoms with Crippen LogP contribution >= 0.6 is 0 Å². The Morgan fingerprint density at radius 1 is 1.04 bits per heavy atom. The van der Waals surface area contributed by atoms with E-state index in [4.69, 9.17) is 5.73 Å². The number of piperazine rings is 1. The number of rotatable bonds is 6. The first kappa shape index (κ1) is 17.1. The average Bonchev–Trinajstić information content (AvgIpc) is 2.60. The van der Waals surface area contributed by atoms with Crippen molar-refractivity contribution in [1.82, 2.24) is 19.9 Å². The summed E-state index contributed by atoms with van der Waals surface area (Å²) in [4.78, 5) is 17.8. The first-order valence-corrected chi connectivity index (χ1v) is 10.4. The third-order valence-electron chi connectivity index (χ3n) is 4.03. The van der Waals surface area contributed by atoms with E-state index in [1.807, 2.05) is 0 Å². The Bertz CT molecular complexity index is 643. The summed E-state index contributed by atoms with van der Waals surface area (Å²) in [6.07, 6.45) is 1.95. The fourth-order valence-electron chi connectivity index (χ4n) is 2.62. The third-order valence-corrected chi connectivity index (χ3v) is 6.33. The van der Waals surface area contributed by atoms with E-state index in [1.54, 1.807) is 0 Å². The molecule has 0 aliphatic carbocycles. The van der Waals surface area contributed by atoms with Crippen LogP contribution in [0.4, 0.5) is 11.9 Å². The number of likely N-dealkylation sites (N-methyl/N-ethyl adjacent to an activating group) is 1. The molecule has 2 aromatic rings. The van der Waals surface area contributed by atoms with Gasteiger partial charge in [0.25, 0.3) is 0 Å². The van der Waals surface area contributed by atoms with Crippen LogP contribution in [0.1, 0.15) is 12.2 Å². The third kappa shape index (κ3) is 4.90. The van der Waals surface area contributed by atoms with E-state index in [0.717, 1.165) is 50.8 Å². The van der Waals surface area contributed by atoms with Gasteiger partial charge in [-0.15, -0.1) is 0 Å². The minimum atomic E-state index is 0.336. The summed E-state index contributed by atoms with van der Waals surface area (Å²) < 4.78 is 1.44. The molecule has 7 heteroatoms. The van der Waals surface area contributed by atoms with Crippen LogP contribution in [0.15, 0.2) is 30.3 Å². The Balaban J connectivity index is 1.54. The molecule has 1 aliphatic heterocycles. The minimum absolute atomic E-state index is 0.336. The molecule has 0 amide bonds. The van der Waals surface area contributed by atoms with Crippen LogP contribution in [-0.2, 0) is 6.42 Å². The Morgan fingerprint density at radius 2 is 1.79 bits per heavy atom. The van der Waals surface area contributed by atoms with Gasteiger partial charge in [-0.2, -0.15) is 0 Å². The van der Waals surface area contributed by atoms with Crippen LogP contribution in [0.3, 0.4) is 0 Å². The molecule has 3 rings (SSSR count). The molecule has 1 aromatic heterocycles. The van der Waals surface area contributed by atoms with Gasteiger partial charge in [-0.1, -0.05) is 0 Å². The van der Waals surface area contributed by atoms with Gasteiger partial charge < -0.3 is 0 Å². The van der Waals surface area contributed by atoms with E-state index < -0.39 is 0 Å². The molecule has 1 saturated heterocycles. The predicted molar refractivity (Wildman–Crippen MR) is 98.9 cm³/mol. The van der Waals surface area contributed by atoms with Crippen molar-refractivity contribution in [2.24, 2.45) is 0 Å². The predicted octanol–water partition coefficient (Wildman–Crippen LogP) is 0.586. The van der Waals surface area contributed by atoms with E-state index in [0.29, 0.717) is 20.9 Å². The zero-order chi connectivity index (χ0) is 16.8. The summed E-state index contributed by atoms with van der Waals surface area (Å²) in [5.74, 6) is 1.89. The molecule has 0 atom stereocenters.